The first kappa shape index (κ1) is 20.6. The summed E-state index contributed by atoms with van der Waals surface area (Å²) in [5.41, 5.74) is 2.99. The number of carbonyl (C=O) groups excluding carboxylic acids is 1. The third-order valence-electron chi connectivity index (χ3n) is 4.82. The van der Waals surface area contributed by atoms with Crippen LogP contribution in [0.25, 0.3) is 22.0 Å². The highest BCUT2D eigenvalue weighted by Gasteiger charge is 2.27. The first-order valence-corrected chi connectivity index (χ1v) is 10.9. The molecule has 4 rings (SSSR count). The third kappa shape index (κ3) is 4.27. The fraction of sp³-hybridized carbons (Fsp3) is 0.0909. The molecule has 0 fully saturated rings. The minimum absolute atomic E-state index is 0.164. The van der Waals surface area contributed by atoms with E-state index in [1.165, 1.54) is 12.1 Å². The van der Waals surface area contributed by atoms with Crippen molar-refractivity contribution in [2.75, 3.05) is 4.31 Å². The molecule has 2 N–H and O–H groups in total. The monoisotopic (exact) mass is 433 g/mol. The summed E-state index contributed by atoms with van der Waals surface area (Å²) in [6.07, 6.45) is 6.37. The Balaban J connectivity index is 1.82. The van der Waals surface area contributed by atoms with Gasteiger partial charge >= 0.3 is 10.2 Å². The van der Waals surface area contributed by atoms with E-state index in [0.717, 1.165) is 16.5 Å². The number of anilines is 1. The average Bonchev–Trinajstić information content (AvgIpc) is 2.74. The summed E-state index contributed by atoms with van der Waals surface area (Å²) >= 11 is 0. The first-order valence-electron chi connectivity index (χ1n) is 9.40. The lowest BCUT2D eigenvalue weighted by Gasteiger charge is -2.20. The van der Waals surface area contributed by atoms with Crippen molar-refractivity contribution in [2.45, 2.75) is 13.3 Å². The summed E-state index contributed by atoms with van der Waals surface area (Å²) in [6.45, 7) is 1.94. The number of aryl methyl sites for hydroxylation is 1. The molecule has 0 aliphatic heterocycles. The zero-order valence-corrected chi connectivity index (χ0v) is 17.5. The van der Waals surface area contributed by atoms with Crippen LogP contribution < -0.4 is 9.44 Å². The quantitative estimate of drug-likeness (QED) is 0.517. The summed E-state index contributed by atoms with van der Waals surface area (Å²) in [6, 6.07) is 13.6. The van der Waals surface area contributed by atoms with E-state index < -0.39 is 16.1 Å². The molecule has 0 unspecified atom stereocenters. The summed E-state index contributed by atoms with van der Waals surface area (Å²) in [5, 5.41) is 6.84. The normalized spacial score (nSPS) is 11.4. The maximum Gasteiger partial charge on any atom is 0.305 e. The van der Waals surface area contributed by atoms with E-state index >= 15 is 0 Å². The van der Waals surface area contributed by atoms with Crippen molar-refractivity contribution in [3.05, 3.63) is 84.6 Å². The van der Waals surface area contributed by atoms with Crippen LogP contribution in [-0.4, -0.2) is 29.3 Å². The highest BCUT2D eigenvalue weighted by molar-refractivity contribution is 7.91. The van der Waals surface area contributed by atoms with Gasteiger partial charge in [0.05, 0.1) is 23.5 Å². The second kappa shape index (κ2) is 8.21. The topological polar surface area (TPSA) is 119 Å². The molecule has 0 aliphatic carbocycles. The van der Waals surface area contributed by atoms with Gasteiger partial charge in [0, 0.05) is 35.7 Å². The van der Waals surface area contributed by atoms with Gasteiger partial charge in [0.25, 0.3) is 0 Å². The van der Waals surface area contributed by atoms with Crippen molar-refractivity contribution >= 4 is 32.6 Å². The summed E-state index contributed by atoms with van der Waals surface area (Å²) in [7, 11) is -4.33. The van der Waals surface area contributed by atoms with Crippen molar-refractivity contribution in [3.63, 3.8) is 0 Å². The van der Waals surface area contributed by atoms with Crippen molar-refractivity contribution in [3.8, 4) is 11.3 Å². The summed E-state index contributed by atoms with van der Waals surface area (Å²) < 4.78 is 25.0. The van der Waals surface area contributed by atoms with Gasteiger partial charge in [-0.15, -0.1) is 0 Å². The SMILES string of the molecule is Cc1ccncc1-c1cc2ccncc2c(CC(=O)N(c2ccccc2)S(N)(=O)=O)n1. The molecule has 0 atom stereocenters. The molecule has 4 aromatic rings. The van der Waals surface area contributed by atoms with Gasteiger partial charge in [-0.2, -0.15) is 12.7 Å². The van der Waals surface area contributed by atoms with Crippen LogP contribution in [0, 0.1) is 6.92 Å². The molecular formula is C22H19N5O3S. The van der Waals surface area contributed by atoms with Crippen LogP contribution in [0.1, 0.15) is 11.3 Å². The van der Waals surface area contributed by atoms with Crippen molar-refractivity contribution in [2.24, 2.45) is 5.14 Å². The van der Waals surface area contributed by atoms with Gasteiger partial charge in [0.15, 0.2) is 0 Å². The summed E-state index contributed by atoms with van der Waals surface area (Å²) in [4.78, 5) is 26.1. The molecule has 0 aliphatic rings. The van der Waals surface area contributed by atoms with E-state index in [9.17, 15) is 13.2 Å². The van der Waals surface area contributed by atoms with Crippen molar-refractivity contribution in [1.82, 2.24) is 15.0 Å². The number of rotatable bonds is 5. The van der Waals surface area contributed by atoms with Crippen LogP contribution in [0.2, 0.25) is 0 Å². The highest BCUT2D eigenvalue weighted by atomic mass is 32.2. The molecule has 0 bridgehead atoms. The molecule has 1 aromatic carbocycles. The number of hydrogen-bond acceptors (Lipinski definition) is 6. The Kier molecular flexibility index (Phi) is 5.45. The number of fused-ring (bicyclic) bond motifs is 1. The molecule has 3 heterocycles. The van der Waals surface area contributed by atoms with Crippen LogP contribution in [0.4, 0.5) is 5.69 Å². The number of nitrogens with zero attached hydrogens (tertiary/aromatic N) is 4. The molecule has 0 radical (unpaired) electrons. The second-order valence-electron chi connectivity index (χ2n) is 6.96. The zero-order chi connectivity index (χ0) is 22.0. The minimum atomic E-state index is -4.33. The number of nitrogens with two attached hydrogens (primary N) is 1. The number of hydrogen-bond donors (Lipinski definition) is 1. The number of benzene rings is 1. The fourth-order valence-corrected chi connectivity index (χ4v) is 4.14. The Hall–Kier alpha value is -3.69. The lowest BCUT2D eigenvalue weighted by molar-refractivity contribution is -0.116. The molecular weight excluding hydrogens is 414 g/mol. The van der Waals surface area contributed by atoms with Gasteiger partial charge in [0.2, 0.25) is 5.91 Å². The van der Waals surface area contributed by atoms with Crippen LogP contribution >= 0.6 is 0 Å². The molecule has 0 saturated heterocycles. The van der Waals surface area contributed by atoms with Crippen LogP contribution in [0.3, 0.4) is 0 Å². The molecule has 9 heteroatoms. The molecule has 31 heavy (non-hydrogen) atoms. The maximum atomic E-state index is 13.1. The second-order valence-corrected chi connectivity index (χ2v) is 8.35. The van der Waals surface area contributed by atoms with Crippen molar-refractivity contribution in [1.29, 1.82) is 0 Å². The van der Waals surface area contributed by atoms with Crippen LogP contribution in [0.15, 0.2) is 73.3 Å². The lowest BCUT2D eigenvalue weighted by atomic mass is 10.0. The highest BCUT2D eigenvalue weighted by Crippen LogP contribution is 2.27. The number of para-hydroxylation sites is 1. The van der Waals surface area contributed by atoms with E-state index in [4.69, 9.17) is 5.14 Å². The minimum Gasteiger partial charge on any atom is -0.273 e. The Morgan fingerprint density at radius 2 is 1.74 bits per heavy atom. The largest absolute Gasteiger partial charge is 0.305 e. The first-order chi connectivity index (χ1) is 14.8. The molecule has 1 amide bonds. The van der Waals surface area contributed by atoms with Gasteiger partial charge in [-0.1, -0.05) is 18.2 Å². The molecule has 0 saturated carbocycles. The molecule has 0 spiro atoms. The molecule has 8 nitrogen and oxygen atoms in total. The number of pyridine rings is 3. The standard InChI is InChI=1S/C22H19N5O3S/c1-15-7-9-24-13-18(15)20-11-16-8-10-25-14-19(16)21(26-20)12-22(28)27(31(23,29)30)17-5-3-2-4-6-17/h2-11,13-14H,12H2,1H3,(H2,23,29,30). The predicted octanol–water partition coefficient (Wildman–Crippen LogP) is 2.78. The van der Waals surface area contributed by atoms with E-state index in [1.807, 2.05) is 25.1 Å². The number of aromatic nitrogens is 3. The van der Waals surface area contributed by atoms with E-state index in [2.05, 4.69) is 15.0 Å². The van der Waals surface area contributed by atoms with Gasteiger partial charge in [-0.25, -0.2) is 5.14 Å². The Morgan fingerprint density at radius 3 is 2.45 bits per heavy atom. The average molecular weight is 433 g/mol. The third-order valence-corrected chi connectivity index (χ3v) is 5.74. The molecule has 3 aromatic heterocycles. The van der Waals surface area contributed by atoms with E-state index in [0.29, 0.717) is 21.1 Å². The van der Waals surface area contributed by atoms with Gasteiger partial charge in [-0.05, 0) is 48.2 Å². The van der Waals surface area contributed by atoms with Gasteiger partial charge in [0.1, 0.15) is 0 Å². The van der Waals surface area contributed by atoms with E-state index in [1.54, 1.807) is 43.0 Å². The number of carbonyl (C=O) groups is 1. The van der Waals surface area contributed by atoms with E-state index in [-0.39, 0.29) is 12.1 Å². The predicted molar refractivity (Wildman–Crippen MR) is 118 cm³/mol. The summed E-state index contributed by atoms with van der Waals surface area (Å²) in [5.74, 6) is -0.716. The van der Waals surface area contributed by atoms with Crippen molar-refractivity contribution < 1.29 is 13.2 Å². The van der Waals surface area contributed by atoms with Gasteiger partial charge in [-0.3, -0.25) is 19.7 Å². The maximum absolute atomic E-state index is 13.1. The van der Waals surface area contributed by atoms with Gasteiger partial charge < -0.3 is 0 Å². The number of amides is 1. The van der Waals surface area contributed by atoms with Crippen LogP contribution in [-0.2, 0) is 21.4 Å². The Labute approximate surface area is 179 Å². The molecule has 156 valence electrons. The lowest BCUT2D eigenvalue weighted by Crippen LogP contribution is -2.42. The Morgan fingerprint density at radius 1 is 1.03 bits per heavy atom. The smallest absolute Gasteiger partial charge is 0.273 e. The zero-order valence-electron chi connectivity index (χ0n) is 16.6. The Bertz CT molecular complexity index is 1370. The van der Waals surface area contributed by atoms with Crippen LogP contribution in [0.5, 0.6) is 0 Å². The fourth-order valence-electron chi connectivity index (χ4n) is 3.37.